The van der Waals surface area contributed by atoms with Gasteiger partial charge in [0.15, 0.2) is 16.6 Å². The average Bonchev–Trinajstić information content (AvgIpc) is 2.90. The van der Waals surface area contributed by atoms with E-state index < -0.39 is 0 Å². The number of aromatic amines is 1. The summed E-state index contributed by atoms with van der Waals surface area (Å²) in [6.45, 7) is 5.39. The number of hydrogen-bond acceptors (Lipinski definition) is 4. The van der Waals surface area contributed by atoms with Crippen LogP contribution in [-0.4, -0.2) is 35.8 Å². The van der Waals surface area contributed by atoms with E-state index >= 15 is 0 Å². The number of pyridine rings is 1. The van der Waals surface area contributed by atoms with E-state index in [1.807, 2.05) is 42.2 Å². The number of H-pyrrole nitrogens is 1. The maximum absolute atomic E-state index is 13.5. The molecule has 0 fully saturated rings. The van der Waals surface area contributed by atoms with E-state index in [1.165, 1.54) is 12.1 Å². The number of thiocarbonyl (C=S) groups is 1. The van der Waals surface area contributed by atoms with Crippen LogP contribution in [0.1, 0.15) is 27.8 Å². The van der Waals surface area contributed by atoms with Crippen molar-refractivity contribution >= 4 is 28.2 Å². The van der Waals surface area contributed by atoms with Crippen LogP contribution in [0.25, 0.3) is 10.9 Å². The zero-order valence-electron chi connectivity index (χ0n) is 22.1. The fourth-order valence-electron chi connectivity index (χ4n) is 4.32. The summed E-state index contributed by atoms with van der Waals surface area (Å²) in [6.07, 6.45) is 0.708. The van der Waals surface area contributed by atoms with Crippen molar-refractivity contribution in [3.8, 4) is 11.5 Å². The van der Waals surface area contributed by atoms with Gasteiger partial charge in [-0.3, -0.25) is 4.79 Å². The quantitative estimate of drug-likeness (QED) is 0.280. The van der Waals surface area contributed by atoms with Crippen LogP contribution in [0, 0.1) is 19.7 Å². The fraction of sp³-hybridized carbons (Fsp3) is 0.267. The molecule has 0 amide bonds. The van der Waals surface area contributed by atoms with E-state index in [0.29, 0.717) is 48.2 Å². The second kappa shape index (κ2) is 12.1. The lowest BCUT2D eigenvalue weighted by Crippen LogP contribution is -2.40. The largest absolute Gasteiger partial charge is 0.493 e. The lowest BCUT2D eigenvalue weighted by Gasteiger charge is -2.26. The Morgan fingerprint density at radius 3 is 2.32 bits per heavy atom. The smallest absolute Gasteiger partial charge is 0.253 e. The number of hydrogen-bond donors (Lipinski definition) is 2. The Kier molecular flexibility index (Phi) is 8.63. The van der Waals surface area contributed by atoms with Crippen LogP contribution in [0.15, 0.2) is 65.5 Å². The first-order valence-electron chi connectivity index (χ1n) is 12.4. The van der Waals surface area contributed by atoms with E-state index in [-0.39, 0.29) is 11.4 Å². The lowest BCUT2D eigenvalue weighted by molar-refractivity contribution is 0.354. The summed E-state index contributed by atoms with van der Waals surface area (Å²) < 4.78 is 24.2. The van der Waals surface area contributed by atoms with Gasteiger partial charge in [-0.25, -0.2) is 4.39 Å². The Labute approximate surface area is 227 Å². The van der Waals surface area contributed by atoms with Crippen molar-refractivity contribution in [1.82, 2.24) is 15.2 Å². The van der Waals surface area contributed by atoms with Crippen LogP contribution in [0.3, 0.4) is 0 Å². The molecule has 0 aliphatic heterocycles. The molecule has 0 atom stereocenters. The molecule has 0 saturated carbocycles. The van der Waals surface area contributed by atoms with Gasteiger partial charge in [-0.05, 0) is 103 Å². The Morgan fingerprint density at radius 1 is 0.921 bits per heavy atom. The number of halogens is 1. The van der Waals surface area contributed by atoms with Gasteiger partial charge in [0.1, 0.15) is 5.82 Å². The third kappa shape index (κ3) is 6.50. The Hall–Kier alpha value is -3.91. The van der Waals surface area contributed by atoms with Gasteiger partial charge < -0.3 is 24.7 Å². The summed E-state index contributed by atoms with van der Waals surface area (Å²) in [5.74, 6) is 1.05. The Morgan fingerprint density at radius 2 is 1.61 bits per heavy atom. The van der Waals surface area contributed by atoms with Gasteiger partial charge in [0, 0.05) is 24.2 Å². The number of nitrogens with zero attached hydrogens (tertiary/aromatic N) is 1. The standard InChI is InChI=1S/C30H32FN3O3S/c1-19-13-23-16-24(29(35)33-26(23)14-20(19)2)18-34(17-22-5-8-25(31)9-6-22)30(38)32-12-11-21-7-10-27(36-3)28(15-21)37-4/h5-10,13-16H,11-12,17-18H2,1-4H3,(H,32,38)(H,33,35). The van der Waals surface area contributed by atoms with Crippen LogP contribution in [0.4, 0.5) is 4.39 Å². The number of rotatable bonds is 9. The fourth-order valence-corrected chi connectivity index (χ4v) is 4.55. The topological polar surface area (TPSA) is 66.6 Å². The summed E-state index contributed by atoms with van der Waals surface area (Å²) in [6, 6.07) is 18.1. The molecule has 4 rings (SSSR count). The molecule has 2 N–H and O–H groups in total. The van der Waals surface area contributed by atoms with E-state index in [0.717, 1.165) is 33.2 Å². The monoisotopic (exact) mass is 533 g/mol. The molecule has 0 unspecified atom stereocenters. The molecule has 4 aromatic rings. The molecule has 0 aliphatic rings. The van der Waals surface area contributed by atoms with Crippen LogP contribution >= 0.6 is 12.2 Å². The molecule has 0 radical (unpaired) electrons. The number of ether oxygens (including phenoxy) is 2. The summed E-state index contributed by atoms with van der Waals surface area (Å²) in [7, 11) is 3.22. The minimum absolute atomic E-state index is 0.155. The van der Waals surface area contributed by atoms with Crippen molar-refractivity contribution in [2.24, 2.45) is 0 Å². The number of fused-ring (bicyclic) bond motifs is 1. The Balaban J connectivity index is 1.53. The van der Waals surface area contributed by atoms with Crippen molar-refractivity contribution in [3.63, 3.8) is 0 Å². The first kappa shape index (κ1) is 27.1. The second-order valence-corrected chi connectivity index (χ2v) is 9.69. The SMILES string of the molecule is COc1ccc(CCNC(=S)N(Cc2ccc(F)cc2)Cc2cc3cc(C)c(C)cc3[nH]c2=O)cc1OC. The molecule has 198 valence electrons. The molecule has 1 aromatic heterocycles. The summed E-state index contributed by atoms with van der Waals surface area (Å²) >= 11 is 5.76. The predicted octanol–water partition coefficient (Wildman–Crippen LogP) is 5.42. The Bertz CT molecular complexity index is 1500. The first-order chi connectivity index (χ1) is 18.3. The molecule has 0 bridgehead atoms. The van der Waals surface area contributed by atoms with E-state index in [1.54, 1.807) is 26.4 Å². The van der Waals surface area contributed by atoms with Gasteiger partial charge in [-0.15, -0.1) is 0 Å². The molecule has 0 saturated heterocycles. The highest BCUT2D eigenvalue weighted by Gasteiger charge is 2.15. The molecule has 1 heterocycles. The highest BCUT2D eigenvalue weighted by Crippen LogP contribution is 2.27. The molecule has 3 aromatic carbocycles. The highest BCUT2D eigenvalue weighted by molar-refractivity contribution is 7.80. The highest BCUT2D eigenvalue weighted by atomic mass is 32.1. The minimum atomic E-state index is -0.299. The third-order valence-corrected chi connectivity index (χ3v) is 7.01. The summed E-state index contributed by atoms with van der Waals surface area (Å²) in [5, 5.41) is 4.80. The molecule has 6 nitrogen and oxygen atoms in total. The van der Waals surface area contributed by atoms with E-state index in [2.05, 4.69) is 23.3 Å². The number of aryl methyl sites for hydroxylation is 2. The second-order valence-electron chi connectivity index (χ2n) is 9.30. The lowest BCUT2D eigenvalue weighted by atomic mass is 10.0. The van der Waals surface area contributed by atoms with Crippen molar-refractivity contribution in [3.05, 3.63) is 105 Å². The maximum atomic E-state index is 13.5. The van der Waals surface area contributed by atoms with Gasteiger partial charge in [0.25, 0.3) is 5.56 Å². The van der Waals surface area contributed by atoms with Gasteiger partial charge in [0.05, 0.1) is 20.8 Å². The summed E-state index contributed by atoms with van der Waals surface area (Å²) in [5.41, 5.74) is 5.50. The molecule has 38 heavy (non-hydrogen) atoms. The first-order valence-corrected chi connectivity index (χ1v) is 12.8. The van der Waals surface area contributed by atoms with Crippen molar-refractivity contribution in [2.75, 3.05) is 20.8 Å². The van der Waals surface area contributed by atoms with Gasteiger partial charge in [0.2, 0.25) is 0 Å². The minimum Gasteiger partial charge on any atom is -0.493 e. The predicted molar refractivity (Wildman–Crippen MR) is 154 cm³/mol. The number of aromatic nitrogens is 1. The van der Waals surface area contributed by atoms with Crippen LogP contribution < -0.4 is 20.3 Å². The van der Waals surface area contributed by atoms with E-state index in [9.17, 15) is 9.18 Å². The third-order valence-electron chi connectivity index (χ3n) is 6.61. The van der Waals surface area contributed by atoms with E-state index in [4.69, 9.17) is 21.7 Å². The van der Waals surface area contributed by atoms with Crippen molar-refractivity contribution in [1.29, 1.82) is 0 Å². The van der Waals surface area contributed by atoms with Gasteiger partial charge in [-0.2, -0.15) is 0 Å². The van der Waals surface area contributed by atoms with Gasteiger partial charge in [-0.1, -0.05) is 18.2 Å². The summed E-state index contributed by atoms with van der Waals surface area (Å²) in [4.78, 5) is 17.9. The number of methoxy groups -OCH3 is 2. The molecular formula is C30H32FN3O3S. The van der Waals surface area contributed by atoms with Crippen LogP contribution in [0.2, 0.25) is 0 Å². The van der Waals surface area contributed by atoms with Crippen molar-refractivity contribution in [2.45, 2.75) is 33.4 Å². The molecular weight excluding hydrogens is 501 g/mol. The van der Waals surface area contributed by atoms with Crippen molar-refractivity contribution < 1.29 is 13.9 Å². The maximum Gasteiger partial charge on any atom is 0.253 e. The molecule has 0 spiro atoms. The zero-order chi connectivity index (χ0) is 27.2. The number of benzene rings is 3. The molecule has 0 aliphatic carbocycles. The zero-order valence-corrected chi connectivity index (χ0v) is 22.9. The normalized spacial score (nSPS) is 10.9. The van der Waals surface area contributed by atoms with Gasteiger partial charge >= 0.3 is 0 Å². The van der Waals surface area contributed by atoms with Crippen LogP contribution in [0.5, 0.6) is 11.5 Å². The molecule has 8 heteroatoms. The average molecular weight is 534 g/mol. The number of nitrogens with one attached hydrogen (secondary N) is 2. The van der Waals surface area contributed by atoms with Crippen LogP contribution in [-0.2, 0) is 19.5 Å².